The van der Waals surface area contributed by atoms with Gasteiger partial charge in [0.05, 0.1) is 0 Å². The Kier molecular flexibility index (Phi) is 5.44. The Bertz CT molecular complexity index is 675. The molecule has 0 amide bonds. The fourth-order valence-corrected chi connectivity index (χ4v) is 3.03. The molecule has 1 nitrogen and oxygen atoms in total. The van der Waals surface area contributed by atoms with Crippen molar-refractivity contribution >= 4 is 0 Å². The van der Waals surface area contributed by atoms with E-state index in [0.29, 0.717) is 0 Å². The van der Waals surface area contributed by atoms with E-state index >= 15 is 0 Å². The fourth-order valence-electron chi connectivity index (χ4n) is 3.03. The lowest BCUT2D eigenvalue weighted by Crippen LogP contribution is -1.99. The molecule has 0 aliphatic carbocycles. The van der Waals surface area contributed by atoms with E-state index in [2.05, 4.69) is 65.1 Å². The predicted molar refractivity (Wildman–Crippen MR) is 99.7 cm³/mol. The lowest BCUT2D eigenvalue weighted by molar-refractivity contribution is 0.471. The van der Waals surface area contributed by atoms with Crippen molar-refractivity contribution in [3.63, 3.8) is 0 Å². The van der Waals surface area contributed by atoms with E-state index < -0.39 is 0 Å². The van der Waals surface area contributed by atoms with E-state index in [1.165, 1.54) is 33.4 Å². The van der Waals surface area contributed by atoms with E-state index in [1.807, 2.05) is 12.2 Å². The molecule has 0 N–H and O–H groups in total. The van der Waals surface area contributed by atoms with Crippen LogP contribution in [0.3, 0.4) is 0 Å². The molecule has 0 atom stereocenters. The van der Waals surface area contributed by atoms with Gasteiger partial charge in [0, 0.05) is 11.1 Å². The third kappa shape index (κ3) is 3.92. The number of rotatable bonds is 6. The average Bonchev–Trinajstić information content (AvgIpc) is 2.46. The number of benzene rings is 2. The third-order valence-electron chi connectivity index (χ3n) is 4.07. The van der Waals surface area contributed by atoms with Gasteiger partial charge in [0.25, 0.3) is 0 Å². The minimum absolute atomic E-state index is 0.809. The Labute approximate surface area is 140 Å². The van der Waals surface area contributed by atoms with Crippen molar-refractivity contribution in [3.8, 4) is 11.5 Å². The number of ether oxygens (including phenoxy) is 1. The largest absolute Gasteiger partial charge is 0.457 e. The third-order valence-corrected chi connectivity index (χ3v) is 4.07. The quantitative estimate of drug-likeness (QED) is 0.580. The minimum Gasteiger partial charge on any atom is -0.457 e. The van der Waals surface area contributed by atoms with Gasteiger partial charge in [-0.1, -0.05) is 24.3 Å². The van der Waals surface area contributed by atoms with Crippen molar-refractivity contribution < 1.29 is 4.74 Å². The first-order chi connectivity index (χ1) is 11.0. The molecule has 2 rings (SSSR count). The van der Waals surface area contributed by atoms with Gasteiger partial charge in [-0.15, -0.1) is 13.2 Å². The van der Waals surface area contributed by atoms with Gasteiger partial charge in [-0.2, -0.15) is 0 Å². The molecule has 23 heavy (non-hydrogen) atoms. The molecule has 1 heteroatoms. The van der Waals surface area contributed by atoms with E-state index in [1.54, 1.807) is 0 Å². The van der Waals surface area contributed by atoms with Crippen LogP contribution in [-0.4, -0.2) is 0 Å². The van der Waals surface area contributed by atoms with Crippen molar-refractivity contribution in [2.45, 2.75) is 40.5 Å². The number of allylic oxidation sites excluding steroid dienone is 2. The Balaban J connectivity index is 2.54. The molecule has 0 heterocycles. The molecule has 0 aliphatic heterocycles. The van der Waals surface area contributed by atoms with Gasteiger partial charge in [-0.05, 0) is 74.9 Å². The molecule has 0 spiro atoms. The average molecular weight is 306 g/mol. The lowest BCUT2D eigenvalue weighted by atomic mass is 10.00. The first-order valence-corrected chi connectivity index (χ1v) is 8.06. The molecule has 0 unspecified atom stereocenters. The highest BCUT2D eigenvalue weighted by molar-refractivity contribution is 5.50. The maximum atomic E-state index is 6.37. The van der Waals surface area contributed by atoms with Crippen molar-refractivity contribution in [2.75, 3.05) is 0 Å². The molecule has 0 saturated carbocycles. The van der Waals surface area contributed by atoms with Gasteiger partial charge in [-0.25, -0.2) is 0 Å². The highest BCUT2D eigenvalue weighted by atomic mass is 16.5. The van der Waals surface area contributed by atoms with E-state index in [9.17, 15) is 0 Å². The standard InChI is InChI=1S/C22H26O/c1-7-9-19-17(5)11-15(3)13-21(19)23-22-14-16(4)12-18(6)20(22)10-8-2/h7-8,11-14H,1-2,9-10H2,3-6H3. The van der Waals surface area contributed by atoms with Crippen LogP contribution in [0.15, 0.2) is 49.6 Å². The molecule has 120 valence electrons. The van der Waals surface area contributed by atoms with Crippen molar-refractivity contribution in [1.29, 1.82) is 0 Å². The van der Waals surface area contributed by atoms with Crippen LogP contribution in [0, 0.1) is 27.7 Å². The maximum absolute atomic E-state index is 6.37. The Morgan fingerprint density at radius 1 is 0.739 bits per heavy atom. The van der Waals surface area contributed by atoms with E-state index in [4.69, 9.17) is 4.74 Å². The highest BCUT2D eigenvalue weighted by Crippen LogP contribution is 2.34. The second-order valence-electron chi connectivity index (χ2n) is 6.20. The number of hydrogen-bond donors (Lipinski definition) is 0. The van der Waals surface area contributed by atoms with Gasteiger partial charge in [0.2, 0.25) is 0 Å². The van der Waals surface area contributed by atoms with E-state index in [0.717, 1.165) is 24.3 Å². The number of aryl methyl sites for hydroxylation is 4. The van der Waals surface area contributed by atoms with Crippen LogP contribution >= 0.6 is 0 Å². The van der Waals surface area contributed by atoms with Gasteiger partial charge in [-0.3, -0.25) is 0 Å². The highest BCUT2D eigenvalue weighted by Gasteiger charge is 2.12. The summed E-state index contributed by atoms with van der Waals surface area (Å²) in [5.41, 5.74) is 7.31. The molecule has 0 radical (unpaired) electrons. The first-order valence-electron chi connectivity index (χ1n) is 8.06. The molecule has 2 aromatic rings. The second-order valence-corrected chi connectivity index (χ2v) is 6.20. The monoisotopic (exact) mass is 306 g/mol. The summed E-state index contributed by atoms with van der Waals surface area (Å²) < 4.78 is 6.37. The SMILES string of the molecule is C=CCc1c(C)cc(C)cc1Oc1cc(C)cc(C)c1CC=C. The van der Waals surface area contributed by atoms with Crippen molar-refractivity contribution in [3.05, 3.63) is 83.0 Å². The zero-order valence-electron chi connectivity index (χ0n) is 14.7. The van der Waals surface area contributed by atoms with Crippen LogP contribution in [0.5, 0.6) is 11.5 Å². The predicted octanol–water partition coefficient (Wildman–Crippen LogP) is 6.17. The second kappa shape index (κ2) is 7.32. The van der Waals surface area contributed by atoms with Crippen LogP contribution in [-0.2, 0) is 12.8 Å². The zero-order valence-corrected chi connectivity index (χ0v) is 14.7. The van der Waals surface area contributed by atoms with Crippen LogP contribution in [0.4, 0.5) is 0 Å². The zero-order chi connectivity index (χ0) is 17.0. The summed E-state index contributed by atoms with van der Waals surface area (Å²) in [4.78, 5) is 0. The van der Waals surface area contributed by atoms with Gasteiger partial charge in [0.15, 0.2) is 0 Å². The topological polar surface area (TPSA) is 9.23 Å². The summed E-state index contributed by atoms with van der Waals surface area (Å²) in [6, 6.07) is 8.61. The van der Waals surface area contributed by atoms with Crippen LogP contribution < -0.4 is 4.74 Å². The van der Waals surface area contributed by atoms with E-state index in [-0.39, 0.29) is 0 Å². The molecule has 0 aromatic heterocycles. The normalized spacial score (nSPS) is 10.4. The smallest absolute Gasteiger partial charge is 0.131 e. The van der Waals surface area contributed by atoms with Gasteiger partial charge >= 0.3 is 0 Å². The van der Waals surface area contributed by atoms with Gasteiger partial charge in [0.1, 0.15) is 11.5 Å². The summed E-state index contributed by atoms with van der Waals surface area (Å²) in [6.07, 6.45) is 5.47. The summed E-state index contributed by atoms with van der Waals surface area (Å²) in [6.45, 7) is 16.2. The molecule has 0 aliphatic rings. The van der Waals surface area contributed by atoms with Gasteiger partial charge < -0.3 is 4.74 Å². The van der Waals surface area contributed by atoms with Crippen LogP contribution in [0.25, 0.3) is 0 Å². The summed E-state index contributed by atoms with van der Waals surface area (Å²) in [7, 11) is 0. The Hall–Kier alpha value is -2.28. The van der Waals surface area contributed by atoms with Crippen LogP contribution in [0.2, 0.25) is 0 Å². The lowest BCUT2D eigenvalue weighted by Gasteiger charge is -2.18. The molecule has 0 saturated heterocycles. The molecule has 0 fully saturated rings. The maximum Gasteiger partial charge on any atom is 0.131 e. The molecular weight excluding hydrogens is 280 g/mol. The molecular formula is C22H26O. The summed E-state index contributed by atoms with van der Waals surface area (Å²) in [5, 5.41) is 0. The first kappa shape index (κ1) is 17.1. The number of hydrogen-bond acceptors (Lipinski definition) is 1. The summed E-state index contributed by atoms with van der Waals surface area (Å²) in [5.74, 6) is 1.86. The minimum atomic E-state index is 0.809. The van der Waals surface area contributed by atoms with Crippen LogP contribution in [0.1, 0.15) is 33.4 Å². The summed E-state index contributed by atoms with van der Waals surface area (Å²) >= 11 is 0. The molecule has 2 aromatic carbocycles. The van der Waals surface area contributed by atoms with Crippen molar-refractivity contribution in [2.24, 2.45) is 0 Å². The Morgan fingerprint density at radius 3 is 1.48 bits per heavy atom. The van der Waals surface area contributed by atoms with Crippen molar-refractivity contribution in [1.82, 2.24) is 0 Å². The molecule has 0 bridgehead atoms. The Morgan fingerprint density at radius 2 is 1.13 bits per heavy atom. The fraction of sp³-hybridized carbons (Fsp3) is 0.273.